The number of likely N-dealkylation sites (tertiary alicyclic amines) is 1. The quantitative estimate of drug-likeness (QED) is 0.816. The van der Waals surface area contributed by atoms with Crippen LogP contribution in [0.3, 0.4) is 0 Å². The molecule has 25 heavy (non-hydrogen) atoms. The number of hydrogen-bond acceptors (Lipinski definition) is 4. The Morgan fingerprint density at radius 2 is 1.88 bits per heavy atom. The highest BCUT2D eigenvalue weighted by molar-refractivity contribution is 5.78. The molecule has 1 aromatic heterocycles. The van der Waals surface area contributed by atoms with Gasteiger partial charge in [0.2, 0.25) is 0 Å². The molecule has 136 valence electrons. The second-order valence-corrected chi connectivity index (χ2v) is 6.56. The van der Waals surface area contributed by atoms with Crippen molar-refractivity contribution in [2.75, 3.05) is 13.1 Å². The monoisotopic (exact) mass is 344 g/mol. The van der Waals surface area contributed by atoms with E-state index in [0.29, 0.717) is 12.0 Å². The van der Waals surface area contributed by atoms with E-state index >= 15 is 0 Å². The Balaban J connectivity index is 0.000000701. The zero-order chi connectivity index (χ0) is 18.2. The number of benzene rings is 1. The predicted molar refractivity (Wildman–Crippen MR) is 99.6 cm³/mol. The lowest BCUT2D eigenvalue weighted by Crippen LogP contribution is -2.33. The highest BCUT2D eigenvalue weighted by Gasteiger charge is 2.34. The minimum Gasteiger partial charge on any atom is -0.483 e. The number of carboxylic acid groups (broad SMARTS) is 1. The van der Waals surface area contributed by atoms with Gasteiger partial charge in [0, 0.05) is 36.1 Å². The van der Waals surface area contributed by atoms with Gasteiger partial charge in [-0.15, -0.1) is 0 Å². The van der Waals surface area contributed by atoms with Crippen molar-refractivity contribution in [3.05, 3.63) is 42.1 Å². The number of nitrogens with zero attached hydrogens (tertiary/aromatic N) is 2. The molecule has 2 N–H and O–H groups in total. The van der Waals surface area contributed by atoms with Crippen molar-refractivity contribution in [3.63, 3.8) is 0 Å². The van der Waals surface area contributed by atoms with Crippen LogP contribution in [0.1, 0.15) is 32.4 Å². The molecule has 2 heterocycles. The summed E-state index contributed by atoms with van der Waals surface area (Å²) in [5.41, 5.74) is 2.14. The zero-order valence-electron chi connectivity index (χ0n) is 15.0. The van der Waals surface area contributed by atoms with E-state index < -0.39 is 0 Å². The summed E-state index contributed by atoms with van der Waals surface area (Å²) < 4.78 is 0. The molecule has 1 aliphatic rings. The maximum Gasteiger partial charge on any atom is 0.290 e. The molecule has 0 amide bonds. The largest absolute Gasteiger partial charge is 0.483 e. The van der Waals surface area contributed by atoms with Crippen molar-refractivity contribution in [3.8, 4) is 0 Å². The van der Waals surface area contributed by atoms with Gasteiger partial charge in [0.05, 0.1) is 11.6 Å². The van der Waals surface area contributed by atoms with Gasteiger partial charge in [0.15, 0.2) is 0 Å². The number of carbonyl (C=O) groups is 1. The smallest absolute Gasteiger partial charge is 0.290 e. The van der Waals surface area contributed by atoms with E-state index in [4.69, 9.17) is 14.9 Å². The fourth-order valence-electron chi connectivity index (χ4n) is 3.68. The molecule has 2 aromatic rings. The molecule has 3 rings (SSSR count). The van der Waals surface area contributed by atoms with E-state index in [9.17, 15) is 5.11 Å². The van der Waals surface area contributed by atoms with Gasteiger partial charge in [-0.05, 0) is 31.4 Å². The average Bonchev–Trinajstić information content (AvgIpc) is 2.97. The third-order valence-electron chi connectivity index (χ3n) is 5.02. The summed E-state index contributed by atoms with van der Waals surface area (Å²) in [5, 5.41) is 18.5. The summed E-state index contributed by atoms with van der Waals surface area (Å²) in [6, 6.07) is 13.1. The summed E-state index contributed by atoms with van der Waals surface area (Å²) in [7, 11) is 0. The second-order valence-electron chi connectivity index (χ2n) is 6.56. The number of aliphatic hydroxyl groups is 1. The van der Waals surface area contributed by atoms with Gasteiger partial charge in [0.1, 0.15) is 0 Å². The van der Waals surface area contributed by atoms with Gasteiger partial charge < -0.3 is 10.2 Å². The van der Waals surface area contributed by atoms with Crippen LogP contribution in [0.15, 0.2) is 36.4 Å². The summed E-state index contributed by atoms with van der Waals surface area (Å²) in [6.45, 7) is 6.02. The Labute approximate surface area is 149 Å². The lowest BCUT2D eigenvalue weighted by molar-refractivity contribution is -0.122. The number of aromatic nitrogens is 1. The summed E-state index contributed by atoms with van der Waals surface area (Å²) in [5.74, 6) is 0.300. The van der Waals surface area contributed by atoms with Crippen molar-refractivity contribution >= 4 is 17.4 Å². The normalized spacial score (nSPS) is 20.5. The van der Waals surface area contributed by atoms with Crippen LogP contribution >= 0.6 is 0 Å². The van der Waals surface area contributed by atoms with E-state index in [-0.39, 0.29) is 12.6 Å². The van der Waals surface area contributed by atoms with Gasteiger partial charge >= 0.3 is 0 Å². The first-order valence-electron chi connectivity index (χ1n) is 8.97. The van der Waals surface area contributed by atoms with Crippen LogP contribution in [-0.4, -0.2) is 51.8 Å². The fourth-order valence-corrected chi connectivity index (χ4v) is 3.68. The van der Waals surface area contributed by atoms with Gasteiger partial charge in [0.25, 0.3) is 6.47 Å². The first-order chi connectivity index (χ1) is 12.1. The molecular formula is C20H28N2O3. The number of fused-ring (bicyclic) bond motifs is 1. The predicted octanol–water partition coefficient (Wildman–Crippen LogP) is 2.96. The molecule has 1 aliphatic heterocycles. The van der Waals surface area contributed by atoms with Crippen LogP contribution in [0.25, 0.3) is 10.9 Å². The Hall–Kier alpha value is -1.98. The van der Waals surface area contributed by atoms with Crippen molar-refractivity contribution in [2.24, 2.45) is 5.92 Å². The summed E-state index contributed by atoms with van der Waals surface area (Å²) in [6.07, 6.45) is 2.95. The van der Waals surface area contributed by atoms with Crippen molar-refractivity contribution in [1.29, 1.82) is 0 Å². The van der Waals surface area contributed by atoms with E-state index in [1.807, 2.05) is 12.1 Å². The average molecular weight is 344 g/mol. The summed E-state index contributed by atoms with van der Waals surface area (Å²) >= 11 is 0. The number of aliphatic hydroxyl groups excluding tert-OH is 1. The highest BCUT2D eigenvalue weighted by atomic mass is 16.3. The molecule has 5 nitrogen and oxygen atoms in total. The number of para-hydroxylation sites is 1. The van der Waals surface area contributed by atoms with Crippen LogP contribution in [-0.2, 0) is 11.2 Å². The molecule has 1 aromatic carbocycles. The zero-order valence-corrected chi connectivity index (χ0v) is 15.0. The minimum atomic E-state index is -0.250. The van der Waals surface area contributed by atoms with Crippen molar-refractivity contribution in [1.82, 2.24) is 9.88 Å². The molecule has 0 aliphatic carbocycles. The fraction of sp³-hybridized carbons (Fsp3) is 0.500. The van der Waals surface area contributed by atoms with Gasteiger partial charge in [-0.1, -0.05) is 38.1 Å². The standard InChI is InChI=1S/C19H26N2O.CH2O2/c1-3-17(4-2)21-12-15(19(22)13-21)11-16-10-9-14-7-5-6-8-18(14)20-16;2-1-3/h5-10,15,17,19,22H,3-4,11-13H2,1-2H3;1H,(H,2,3)/t15-,19-;/m1./s1. The minimum absolute atomic E-state index is 0.228. The highest BCUT2D eigenvalue weighted by Crippen LogP contribution is 2.25. The Bertz CT molecular complexity index is 673. The van der Waals surface area contributed by atoms with E-state index in [0.717, 1.165) is 43.6 Å². The molecule has 0 unspecified atom stereocenters. The third-order valence-corrected chi connectivity index (χ3v) is 5.02. The molecule has 2 atom stereocenters. The summed E-state index contributed by atoms with van der Waals surface area (Å²) in [4.78, 5) is 15.6. The Morgan fingerprint density at radius 3 is 2.56 bits per heavy atom. The SMILES string of the molecule is CCC(CC)N1C[C@@H](Cc2ccc3ccccc3n2)[C@H](O)C1.O=CO. The topological polar surface area (TPSA) is 73.7 Å². The van der Waals surface area contributed by atoms with Crippen molar-refractivity contribution in [2.45, 2.75) is 45.3 Å². The molecule has 0 saturated carbocycles. The van der Waals surface area contributed by atoms with Crippen LogP contribution < -0.4 is 0 Å². The number of hydrogen-bond donors (Lipinski definition) is 2. The lowest BCUT2D eigenvalue weighted by atomic mass is 9.99. The lowest BCUT2D eigenvalue weighted by Gasteiger charge is -2.25. The first-order valence-corrected chi connectivity index (χ1v) is 8.97. The van der Waals surface area contributed by atoms with Crippen LogP contribution in [0.5, 0.6) is 0 Å². The Morgan fingerprint density at radius 1 is 1.20 bits per heavy atom. The molecule has 0 spiro atoms. The van der Waals surface area contributed by atoms with Crippen LogP contribution in [0, 0.1) is 5.92 Å². The third kappa shape index (κ3) is 5.00. The van der Waals surface area contributed by atoms with E-state index in [1.165, 1.54) is 5.39 Å². The van der Waals surface area contributed by atoms with Gasteiger partial charge in [-0.3, -0.25) is 14.7 Å². The van der Waals surface area contributed by atoms with Gasteiger partial charge in [-0.25, -0.2) is 0 Å². The Kier molecular flexibility index (Phi) is 7.34. The molecule has 0 radical (unpaired) electrons. The first kappa shape index (κ1) is 19.3. The van der Waals surface area contributed by atoms with E-state index in [2.05, 4.69) is 43.0 Å². The van der Waals surface area contributed by atoms with Gasteiger partial charge in [-0.2, -0.15) is 0 Å². The number of pyridine rings is 1. The van der Waals surface area contributed by atoms with E-state index in [1.54, 1.807) is 0 Å². The molecule has 0 bridgehead atoms. The van der Waals surface area contributed by atoms with Crippen molar-refractivity contribution < 1.29 is 15.0 Å². The molecule has 5 heteroatoms. The maximum atomic E-state index is 10.4. The second kappa shape index (κ2) is 9.49. The van der Waals surface area contributed by atoms with Crippen LogP contribution in [0.4, 0.5) is 0 Å². The number of rotatable bonds is 5. The molecule has 1 saturated heterocycles. The molecular weight excluding hydrogens is 316 g/mol. The number of β-amino-alcohol motifs (C(OH)–C–C–N with tert-alkyl or cyclic N) is 1. The maximum absolute atomic E-state index is 10.4. The van der Waals surface area contributed by atoms with Crippen LogP contribution in [0.2, 0.25) is 0 Å². The molecule has 1 fully saturated rings.